The van der Waals surface area contributed by atoms with Crippen LogP contribution in [0.3, 0.4) is 0 Å². The van der Waals surface area contributed by atoms with Crippen molar-refractivity contribution in [2.45, 2.75) is 6.18 Å². The first kappa shape index (κ1) is 10.3. The summed E-state index contributed by atoms with van der Waals surface area (Å²) in [6.07, 6.45) is -4.73. The minimum atomic E-state index is -4.73. The van der Waals surface area contributed by atoms with Crippen LogP contribution < -0.4 is 5.73 Å². The lowest BCUT2D eigenvalue weighted by Crippen LogP contribution is -2.10. The second kappa shape index (κ2) is 3.17. The Bertz CT molecular complexity index is 376. The summed E-state index contributed by atoms with van der Waals surface area (Å²) in [5, 5.41) is 8.40. The van der Waals surface area contributed by atoms with Crippen molar-refractivity contribution in [2.75, 3.05) is 5.73 Å². The Morgan fingerprint density at radius 1 is 1.36 bits per heavy atom. The maximum absolute atomic E-state index is 12.3. The predicted molar refractivity (Wildman–Crippen MR) is 40.9 cm³/mol. The molecule has 0 atom stereocenters. The summed E-state index contributed by atoms with van der Waals surface area (Å²) in [7, 11) is 0. The highest BCUT2D eigenvalue weighted by Crippen LogP contribution is 2.36. The average Bonchev–Trinajstić information content (AvgIpc) is 2.01. The van der Waals surface area contributed by atoms with Gasteiger partial charge in [-0.3, -0.25) is 0 Å². The molecule has 7 heteroatoms. The van der Waals surface area contributed by atoms with Gasteiger partial charge in [-0.2, -0.15) is 13.2 Å². The molecule has 0 amide bonds. The Kier molecular flexibility index (Phi) is 2.33. The SMILES string of the molecule is Nc1ccc([N+](=O)O)c(C(F)(F)F)c1. The first-order valence-corrected chi connectivity index (χ1v) is 3.45. The van der Waals surface area contributed by atoms with Crippen LogP contribution in [-0.4, -0.2) is 10.1 Å². The minimum Gasteiger partial charge on any atom is -0.399 e. The van der Waals surface area contributed by atoms with Crippen molar-refractivity contribution in [3.05, 3.63) is 28.7 Å². The average molecular weight is 207 g/mol. The van der Waals surface area contributed by atoms with Gasteiger partial charge in [-0.15, -0.1) is 0 Å². The van der Waals surface area contributed by atoms with Gasteiger partial charge in [0.15, 0.2) is 0 Å². The number of hydrogen-bond acceptors (Lipinski definition) is 2. The molecule has 3 N–H and O–H groups in total. The van der Waals surface area contributed by atoms with E-state index in [1.165, 1.54) is 0 Å². The standard InChI is InChI=1S/C7H6F3N2O2/c8-7(9,10)5-3-4(11)1-2-6(5)12(13)14/h1-3H,11H2,(H,13,14)/q+1. The Labute approximate surface area is 76.3 Å². The van der Waals surface area contributed by atoms with Gasteiger partial charge in [0, 0.05) is 11.8 Å². The number of rotatable bonds is 1. The van der Waals surface area contributed by atoms with E-state index in [0.29, 0.717) is 6.07 Å². The molecule has 0 aliphatic heterocycles. The molecule has 1 rings (SSSR count). The zero-order chi connectivity index (χ0) is 10.9. The molecule has 0 heterocycles. The molecule has 0 unspecified atom stereocenters. The molecular formula is C7H6F3N2O2+. The fourth-order valence-corrected chi connectivity index (χ4v) is 0.948. The normalized spacial score (nSPS) is 11.4. The summed E-state index contributed by atoms with van der Waals surface area (Å²) in [6, 6.07) is 2.47. The van der Waals surface area contributed by atoms with Crippen molar-refractivity contribution < 1.29 is 23.3 Å². The van der Waals surface area contributed by atoms with E-state index < -0.39 is 22.4 Å². The van der Waals surface area contributed by atoms with E-state index >= 15 is 0 Å². The van der Waals surface area contributed by atoms with Gasteiger partial charge in [-0.05, 0) is 12.1 Å². The highest BCUT2D eigenvalue weighted by molar-refractivity contribution is 5.52. The summed E-state index contributed by atoms with van der Waals surface area (Å²) in [5.74, 6) is 0. The molecule has 0 aliphatic rings. The second-order valence-corrected chi connectivity index (χ2v) is 2.55. The maximum Gasteiger partial charge on any atom is 0.423 e. The Morgan fingerprint density at radius 3 is 2.36 bits per heavy atom. The molecule has 1 aromatic carbocycles. The number of benzene rings is 1. The Morgan fingerprint density at radius 2 is 1.93 bits per heavy atom. The number of halogens is 3. The minimum absolute atomic E-state index is 0.136. The number of alkyl halides is 3. The van der Waals surface area contributed by atoms with Gasteiger partial charge < -0.3 is 5.73 Å². The summed E-state index contributed by atoms with van der Waals surface area (Å²) < 4.78 is 36.8. The fraction of sp³-hybridized carbons (Fsp3) is 0.143. The van der Waals surface area contributed by atoms with Crippen LogP contribution in [0.2, 0.25) is 0 Å². The third-order valence-electron chi connectivity index (χ3n) is 1.53. The molecule has 0 spiro atoms. The topological polar surface area (TPSA) is 66.3 Å². The third kappa shape index (κ3) is 1.93. The van der Waals surface area contributed by atoms with Gasteiger partial charge in [0.25, 0.3) is 4.92 Å². The number of hydrogen-bond donors (Lipinski definition) is 2. The fourth-order valence-electron chi connectivity index (χ4n) is 0.948. The van der Waals surface area contributed by atoms with E-state index in [1.807, 2.05) is 0 Å². The maximum atomic E-state index is 12.3. The molecule has 0 saturated carbocycles. The van der Waals surface area contributed by atoms with Crippen LogP contribution in [0.25, 0.3) is 0 Å². The highest BCUT2D eigenvalue weighted by Gasteiger charge is 2.39. The zero-order valence-corrected chi connectivity index (χ0v) is 6.75. The zero-order valence-electron chi connectivity index (χ0n) is 6.75. The smallest absolute Gasteiger partial charge is 0.399 e. The molecule has 0 saturated heterocycles. The van der Waals surface area contributed by atoms with Gasteiger partial charge in [-0.1, -0.05) is 0 Å². The molecule has 0 bridgehead atoms. The van der Waals surface area contributed by atoms with Crippen molar-refractivity contribution in [3.63, 3.8) is 0 Å². The summed E-state index contributed by atoms with van der Waals surface area (Å²) in [5.41, 5.74) is 2.83. The lowest BCUT2D eigenvalue weighted by Gasteiger charge is -2.05. The summed E-state index contributed by atoms with van der Waals surface area (Å²) >= 11 is 0. The van der Waals surface area contributed by atoms with Crippen LogP contribution in [-0.2, 0) is 6.18 Å². The van der Waals surface area contributed by atoms with E-state index in [9.17, 15) is 18.1 Å². The Hall–Kier alpha value is -1.79. The molecule has 0 aliphatic carbocycles. The van der Waals surface area contributed by atoms with Crippen molar-refractivity contribution >= 4 is 11.4 Å². The predicted octanol–water partition coefficient (Wildman–Crippen LogP) is 2.09. The van der Waals surface area contributed by atoms with Crippen molar-refractivity contribution in [1.82, 2.24) is 0 Å². The highest BCUT2D eigenvalue weighted by atomic mass is 19.4. The van der Waals surface area contributed by atoms with Crippen LogP contribution in [0.1, 0.15) is 5.56 Å². The van der Waals surface area contributed by atoms with Gasteiger partial charge in [0.05, 0.1) is 4.91 Å². The monoisotopic (exact) mass is 207 g/mol. The summed E-state index contributed by atoms with van der Waals surface area (Å²) in [6.45, 7) is 0. The van der Waals surface area contributed by atoms with Crippen LogP contribution in [0.4, 0.5) is 24.5 Å². The van der Waals surface area contributed by atoms with Gasteiger partial charge in [0.2, 0.25) is 0 Å². The molecule has 4 nitrogen and oxygen atoms in total. The van der Waals surface area contributed by atoms with Gasteiger partial charge in [0.1, 0.15) is 5.56 Å². The van der Waals surface area contributed by atoms with Gasteiger partial charge >= 0.3 is 11.9 Å². The Balaban J connectivity index is 3.38. The molecule has 0 radical (unpaired) electrons. The van der Waals surface area contributed by atoms with Crippen LogP contribution >= 0.6 is 0 Å². The van der Waals surface area contributed by atoms with Crippen molar-refractivity contribution in [1.29, 1.82) is 0 Å². The number of nitrogens with two attached hydrogens (primary N) is 1. The second-order valence-electron chi connectivity index (χ2n) is 2.55. The molecule has 76 valence electrons. The van der Waals surface area contributed by atoms with Crippen molar-refractivity contribution in [2.24, 2.45) is 0 Å². The van der Waals surface area contributed by atoms with E-state index in [-0.39, 0.29) is 5.69 Å². The van der Waals surface area contributed by atoms with Crippen LogP contribution in [0.5, 0.6) is 0 Å². The molecular weight excluding hydrogens is 201 g/mol. The van der Waals surface area contributed by atoms with Gasteiger partial charge in [-0.25, -0.2) is 5.21 Å². The van der Waals surface area contributed by atoms with Crippen molar-refractivity contribution in [3.8, 4) is 0 Å². The molecule has 1 aromatic rings. The lowest BCUT2D eigenvalue weighted by atomic mass is 10.1. The first-order chi connectivity index (χ1) is 6.32. The quantitative estimate of drug-likeness (QED) is 0.547. The van der Waals surface area contributed by atoms with Crippen LogP contribution in [0.15, 0.2) is 18.2 Å². The van der Waals surface area contributed by atoms with E-state index in [2.05, 4.69) is 0 Å². The number of anilines is 1. The van der Waals surface area contributed by atoms with E-state index in [0.717, 1.165) is 12.1 Å². The molecule has 14 heavy (non-hydrogen) atoms. The number of nitrogen functional groups attached to an aromatic ring is 1. The molecule has 0 fully saturated rings. The van der Waals surface area contributed by atoms with Crippen LogP contribution in [0, 0.1) is 4.91 Å². The lowest BCUT2D eigenvalue weighted by molar-refractivity contribution is -0.730. The molecule has 0 aromatic heterocycles. The number of nitrogens with zero attached hydrogens (tertiary/aromatic N) is 1. The first-order valence-electron chi connectivity index (χ1n) is 3.45. The summed E-state index contributed by atoms with van der Waals surface area (Å²) in [4.78, 5) is 9.51. The van der Waals surface area contributed by atoms with E-state index in [1.54, 1.807) is 0 Å². The third-order valence-corrected chi connectivity index (χ3v) is 1.53. The van der Waals surface area contributed by atoms with E-state index in [4.69, 9.17) is 10.9 Å². The largest absolute Gasteiger partial charge is 0.423 e.